The molecule has 0 unspecified atom stereocenters. The molecule has 0 radical (unpaired) electrons. The van der Waals surface area contributed by atoms with Gasteiger partial charge in [-0.3, -0.25) is 0 Å². The van der Waals surface area contributed by atoms with Gasteiger partial charge < -0.3 is 10.6 Å². The molecule has 0 aliphatic heterocycles. The number of anilines is 3. The minimum Gasteiger partial charge on any atom is -0.354 e. The molecule has 1 aromatic heterocycles. The summed E-state index contributed by atoms with van der Waals surface area (Å²) in [5.74, 6) is 1.12. The zero-order valence-corrected chi connectivity index (χ0v) is 9.01. The predicted molar refractivity (Wildman–Crippen MR) is 63.7 cm³/mol. The van der Waals surface area contributed by atoms with E-state index in [2.05, 4.69) is 25.6 Å². The smallest absolute Gasteiger partial charge is 0.231 e. The first-order valence-corrected chi connectivity index (χ1v) is 5.13. The fourth-order valence-electron chi connectivity index (χ4n) is 1.25. The molecule has 0 fully saturated rings. The number of rotatable bonds is 4. The lowest BCUT2D eigenvalue weighted by molar-refractivity contribution is 1.02. The first-order valence-electron chi connectivity index (χ1n) is 5.13. The minimum absolute atomic E-state index is 0.539. The van der Waals surface area contributed by atoms with Gasteiger partial charge in [0.2, 0.25) is 11.9 Å². The van der Waals surface area contributed by atoms with Crippen LogP contribution in [0, 0.1) is 0 Å². The van der Waals surface area contributed by atoms with Gasteiger partial charge in [-0.05, 0) is 19.1 Å². The normalized spacial score (nSPS) is 9.81. The summed E-state index contributed by atoms with van der Waals surface area (Å²) in [7, 11) is 0. The second-order valence-corrected chi connectivity index (χ2v) is 3.15. The molecule has 2 N–H and O–H groups in total. The van der Waals surface area contributed by atoms with Crippen LogP contribution in [0.25, 0.3) is 0 Å². The fourth-order valence-corrected chi connectivity index (χ4v) is 1.25. The van der Waals surface area contributed by atoms with Crippen LogP contribution in [0.15, 0.2) is 36.7 Å². The highest BCUT2D eigenvalue weighted by atomic mass is 15.2. The van der Waals surface area contributed by atoms with Crippen LogP contribution in [0.5, 0.6) is 0 Å². The largest absolute Gasteiger partial charge is 0.354 e. The van der Waals surface area contributed by atoms with Crippen molar-refractivity contribution in [3.8, 4) is 0 Å². The van der Waals surface area contributed by atoms with Gasteiger partial charge in [-0.15, -0.1) is 0 Å². The third-order valence-electron chi connectivity index (χ3n) is 1.94. The molecule has 0 amide bonds. The highest BCUT2D eigenvalue weighted by Crippen LogP contribution is 2.11. The summed E-state index contributed by atoms with van der Waals surface area (Å²) in [4.78, 5) is 12.3. The summed E-state index contributed by atoms with van der Waals surface area (Å²) in [6.45, 7) is 2.78. The van der Waals surface area contributed by atoms with Crippen molar-refractivity contribution >= 4 is 17.6 Å². The molecule has 2 aromatic rings. The lowest BCUT2D eigenvalue weighted by atomic mass is 10.3. The van der Waals surface area contributed by atoms with Gasteiger partial charge >= 0.3 is 0 Å². The first kappa shape index (κ1) is 10.4. The van der Waals surface area contributed by atoms with Crippen molar-refractivity contribution in [3.05, 3.63) is 36.7 Å². The molecule has 82 valence electrons. The van der Waals surface area contributed by atoms with Crippen molar-refractivity contribution in [2.45, 2.75) is 6.92 Å². The van der Waals surface area contributed by atoms with Crippen LogP contribution in [0.2, 0.25) is 0 Å². The van der Waals surface area contributed by atoms with Crippen LogP contribution >= 0.6 is 0 Å². The van der Waals surface area contributed by atoms with Gasteiger partial charge in [0.1, 0.15) is 6.33 Å². The Morgan fingerprint density at radius 2 is 1.81 bits per heavy atom. The van der Waals surface area contributed by atoms with Crippen LogP contribution < -0.4 is 10.6 Å². The molecule has 1 heterocycles. The number of hydrogen-bond donors (Lipinski definition) is 2. The maximum Gasteiger partial charge on any atom is 0.231 e. The van der Waals surface area contributed by atoms with E-state index >= 15 is 0 Å². The molecule has 0 aliphatic rings. The number of nitrogens with one attached hydrogen (secondary N) is 2. The number of hydrogen-bond acceptors (Lipinski definition) is 5. The van der Waals surface area contributed by atoms with Gasteiger partial charge in [0, 0.05) is 12.2 Å². The molecule has 5 heteroatoms. The average molecular weight is 215 g/mol. The van der Waals surface area contributed by atoms with E-state index in [9.17, 15) is 0 Å². The number of para-hydroxylation sites is 1. The molecule has 2 rings (SSSR count). The lowest BCUT2D eigenvalue weighted by Crippen LogP contribution is -2.05. The Bertz CT molecular complexity index is 443. The van der Waals surface area contributed by atoms with E-state index in [4.69, 9.17) is 0 Å². The van der Waals surface area contributed by atoms with E-state index in [1.54, 1.807) is 0 Å². The Hall–Kier alpha value is -2.17. The predicted octanol–water partition coefficient (Wildman–Crippen LogP) is 2.05. The van der Waals surface area contributed by atoms with Crippen molar-refractivity contribution < 1.29 is 0 Å². The minimum atomic E-state index is 0.539. The lowest BCUT2D eigenvalue weighted by Gasteiger charge is -2.05. The van der Waals surface area contributed by atoms with Gasteiger partial charge in [0.15, 0.2) is 0 Å². The standard InChI is InChI=1S/C11H13N5/c1-2-12-10-13-8-14-11(16-10)15-9-6-4-3-5-7-9/h3-8H,2H2,1H3,(H2,12,13,14,15,16). The zero-order valence-electron chi connectivity index (χ0n) is 9.01. The molecule has 5 nitrogen and oxygen atoms in total. The molecular formula is C11H13N5. The quantitative estimate of drug-likeness (QED) is 0.817. The first-order chi connectivity index (χ1) is 7.88. The molecule has 0 saturated carbocycles. The second-order valence-electron chi connectivity index (χ2n) is 3.15. The highest BCUT2D eigenvalue weighted by molar-refractivity contribution is 5.53. The Morgan fingerprint density at radius 1 is 1.06 bits per heavy atom. The summed E-state index contributed by atoms with van der Waals surface area (Å²) >= 11 is 0. The van der Waals surface area contributed by atoms with Crippen molar-refractivity contribution in [1.82, 2.24) is 15.0 Å². The van der Waals surface area contributed by atoms with Crippen LogP contribution in [0.1, 0.15) is 6.92 Å². The van der Waals surface area contributed by atoms with Gasteiger partial charge in [-0.1, -0.05) is 18.2 Å². The second kappa shape index (κ2) is 5.06. The highest BCUT2D eigenvalue weighted by Gasteiger charge is 1.99. The van der Waals surface area contributed by atoms with E-state index in [-0.39, 0.29) is 0 Å². The summed E-state index contributed by atoms with van der Waals surface area (Å²) in [6.07, 6.45) is 1.48. The molecule has 0 saturated heterocycles. The van der Waals surface area contributed by atoms with Crippen LogP contribution in [-0.2, 0) is 0 Å². The molecule has 0 bridgehead atoms. The Kier molecular flexibility index (Phi) is 3.28. The molecule has 16 heavy (non-hydrogen) atoms. The maximum absolute atomic E-state index is 4.21. The SMILES string of the molecule is CCNc1ncnc(Nc2ccccc2)n1. The van der Waals surface area contributed by atoms with Crippen molar-refractivity contribution in [3.63, 3.8) is 0 Å². The Labute approximate surface area is 94.0 Å². The third-order valence-corrected chi connectivity index (χ3v) is 1.94. The fraction of sp³-hybridized carbons (Fsp3) is 0.182. The van der Waals surface area contributed by atoms with Gasteiger partial charge in [-0.2, -0.15) is 4.98 Å². The molecule has 1 aromatic carbocycles. The van der Waals surface area contributed by atoms with E-state index < -0.39 is 0 Å². The van der Waals surface area contributed by atoms with Crippen LogP contribution in [-0.4, -0.2) is 21.5 Å². The number of benzene rings is 1. The van der Waals surface area contributed by atoms with E-state index in [1.807, 2.05) is 37.3 Å². The van der Waals surface area contributed by atoms with E-state index in [0.717, 1.165) is 12.2 Å². The van der Waals surface area contributed by atoms with Crippen molar-refractivity contribution in [2.24, 2.45) is 0 Å². The average Bonchev–Trinajstić information content (AvgIpc) is 2.31. The number of nitrogens with zero attached hydrogens (tertiary/aromatic N) is 3. The summed E-state index contributed by atoms with van der Waals surface area (Å²) < 4.78 is 0. The van der Waals surface area contributed by atoms with Crippen LogP contribution in [0.3, 0.4) is 0 Å². The van der Waals surface area contributed by atoms with Crippen molar-refractivity contribution in [2.75, 3.05) is 17.2 Å². The van der Waals surface area contributed by atoms with Gasteiger partial charge in [0.05, 0.1) is 0 Å². The van der Waals surface area contributed by atoms with E-state index in [1.165, 1.54) is 6.33 Å². The molecule has 0 spiro atoms. The summed E-state index contributed by atoms with van der Waals surface area (Å²) in [6, 6.07) is 9.78. The van der Waals surface area contributed by atoms with Crippen LogP contribution in [0.4, 0.5) is 17.6 Å². The van der Waals surface area contributed by atoms with E-state index in [0.29, 0.717) is 11.9 Å². The zero-order chi connectivity index (χ0) is 11.2. The van der Waals surface area contributed by atoms with Gasteiger partial charge in [-0.25, -0.2) is 9.97 Å². The topological polar surface area (TPSA) is 62.7 Å². The molecule has 0 atom stereocenters. The Morgan fingerprint density at radius 3 is 2.56 bits per heavy atom. The Balaban J connectivity index is 2.12. The summed E-state index contributed by atoms with van der Waals surface area (Å²) in [5.41, 5.74) is 0.955. The van der Waals surface area contributed by atoms with Crippen molar-refractivity contribution in [1.29, 1.82) is 0 Å². The number of aromatic nitrogens is 3. The third kappa shape index (κ3) is 2.66. The van der Waals surface area contributed by atoms with Gasteiger partial charge in [0.25, 0.3) is 0 Å². The monoisotopic (exact) mass is 215 g/mol. The molecular weight excluding hydrogens is 202 g/mol. The molecule has 0 aliphatic carbocycles. The maximum atomic E-state index is 4.21. The summed E-state index contributed by atoms with van der Waals surface area (Å²) in [5, 5.41) is 6.13.